The van der Waals surface area contributed by atoms with Crippen LogP contribution in [0.25, 0.3) is 0 Å². The second kappa shape index (κ2) is 6.04. The molecule has 2 N–H and O–H groups in total. The Hall–Kier alpha value is -2.42. The fourth-order valence-corrected chi connectivity index (χ4v) is 5.15. The molecule has 5 aliphatic rings. The number of amides is 3. The Labute approximate surface area is 158 Å². The van der Waals surface area contributed by atoms with Crippen molar-refractivity contribution in [1.29, 1.82) is 0 Å². The molecule has 2 bridgehead atoms. The molecule has 4 heterocycles. The predicted octanol–water partition coefficient (Wildman–Crippen LogP) is 1.47. The monoisotopic (exact) mass is 393 g/mol. The molecule has 1 aromatic rings. The van der Waals surface area contributed by atoms with Gasteiger partial charge in [-0.1, -0.05) is 0 Å². The van der Waals surface area contributed by atoms with Crippen LogP contribution in [-0.2, 0) is 16.1 Å². The molecule has 148 valence electrons. The SMILES string of the molecule is O=C1CCC(N2Cc3c(c(F)c(F)c(F)c3C3CC4CC(C3)N4)C2=O)C(=O)N1. The van der Waals surface area contributed by atoms with Crippen molar-refractivity contribution in [3.05, 3.63) is 34.1 Å². The van der Waals surface area contributed by atoms with Crippen LogP contribution in [0.15, 0.2) is 0 Å². The van der Waals surface area contributed by atoms with E-state index in [0.29, 0.717) is 12.8 Å². The topological polar surface area (TPSA) is 78.5 Å². The second-order valence-electron chi connectivity index (χ2n) is 8.07. The molecule has 0 radical (unpaired) electrons. The van der Waals surface area contributed by atoms with Gasteiger partial charge in [-0.05, 0) is 37.2 Å². The number of carbonyl (C=O) groups is 3. The number of carbonyl (C=O) groups excluding carboxylic acids is 3. The molecular formula is C19H18F3N3O3. The molecular weight excluding hydrogens is 375 g/mol. The van der Waals surface area contributed by atoms with Crippen molar-refractivity contribution in [2.75, 3.05) is 0 Å². The van der Waals surface area contributed by atoms with Crippen LogP contribution in [-0.4, -0.2) is 40.7 Å². The van der Waals surface area contributed by atoms with Gasteiger partial charge in [-0.2, -0.15) is 0 Å². The van der Waals surface area contributed by atoms with Crippen molar-refractivity contribution >= 4 is 17.7 Å². The minimum Gasteiger partial charge on any atom is -0.322 e. The highest BCUT2D eigenvalue weighted by atomic mass is 19.2. The summed E-state index contributed by atoms with van der Waals surface area (Å²) in [5.74, 6) is -6.61. The van der Waals surface area contributed by atoms with Gasteiger partial charge >= 0.3 is 0 Å². The first-order valence-electron chi connectivity index (χ1n) is 9.45. The van der Waals surface area contributed by atoms with Crippen LogP contribution in [0.5, 0.6) is 0 Å². The van der Waals surface area contributed by atoms with Crippen molar-refractivity contribution in [2.45, 2.75) is 62.7 Å². The largest absolute Gasteiger partial charge is 0.322 e. The van der Waals surface area contributed by atoms with Crippen LogP contribution >= 0.6 is 0 Å². The van der Waals surface area contributed by atoms with E-state index in [1.807, 2.05) is 0 Å². The van der Waals surface area contributed by atoms with Gasteiger partial charge in [0.2, 0.25) is 11.8 Å². The Morgan fingerprint density at radius 1 is 0.929 bits per heavy atom. The molecule has 6 rings (SSSR count). The number of fused-ring (bicyclic) bond motifs is 3. The predicted molar refractivity (Wildman–Crippen MR) is 89.7 cm³/mol. The number of nitrogens with zero attached hydrogens (tertiary/aromatic N) is 1. The van der Waals surface area contributed by atoms with E-state index in [1.165, 1.54) is 0 Å². The van der Waals surface area contributed by atoms with E-state index < -0.39 is 46.8 Å². The third-order valence-corrected chi connectivity index (χ3v) is 6.44. The molecule has 3 atom stereocenters. The number of rotatable bonds is 2. The highest BCUT2D eigenvalue weighted by Gasteiger charge is 2.46. The third-order valence-electron chi connectivity index (χ3n) is 6.44. The number of nitrogens with one attached hydrogen (secondary N) is 2. The number of imide groups is 1. The molecule has 4 fully saturated rings. The van der Waals surface area contributed by atoms with Gasteiger partial charge < -0.3 is 10.2 Å². The molecule has 6 nitrogen and oxygen atoms in total. The summed E-state index contributed by atoms with van der Waals surface area (Å²) in [7, 11) is 0. The third kappa shape index (κ3) is 2.41. The highest BCUT2D eigenvalue weighted by molar-refractivity contribution is 6.05. The number of hydrogen-bond acceptors (Lipinski definition) is 4. The number of halogens is 3. The lowest BCUT2D eigenvalue weighted by Gasteiger charge is -2.47. The lowest BCUT2D eigenvalue weighted by Crippen LogP contribution is -2.57. The molecule has 1 saturated carbocycles. The zero-order chi connectivity index (χ0) is 19.7. The van der Waals surface area contributed by atoms with Crippen LogP contribution in [0.3, 0.4) is 0 Å². The van der Waals surface area contributed by atoms with E-state index in [-0.39, 0.29) is 48.5 Å². The molecule has 28 heavy (non-hydrogen) atoms. The Morgan fingerprint density at radius 2 is 1.61 bits per heavy atom. The van der Waals surface area contributed by atoms with Gasteiger partial charge in [0.1, 0.15) is 6.04 Å². The summed E-state index contributed by atoms with van der Waals surface area (Å²) >= 11 is 0. The van der Waals surface area contributed by atoms with Crippen LogP contribution in [0, 0.1) is 17.5 Å². The van der Waals surface area contributed by atoms with Gasteiger partial charge in [0.15, 0.2) is 17.5 Å². The van der Waals surface area contributed by atoms with Crippen molar-refractivity contribution in [2.24, 2.45) is 0 Å². The maximum Gasteiger partial charge on any atom is 0.258 e. The number of piperidine rings is 2. The van der Waals surface area contributed by atoms with E-state index in [4.69, 9.17) is 0 Å². The average molecular weight is 393 g/mol. The molecule has 0 aromatic heterocycles. The van der Waals surface area contributed by atoms with E-state index >= 15 is 0 Å². The van der Waals surface area contributed by atoms with Gasteiger partial charge in [-0.3, -0.25) is 19.7 Å². The number of hydrogen-bond donors (Lipinski definition) is 2. The first-order valence-corrected chi connectivity index (χ1v) is 9.45. The second-order valence-corrected chi connectivity index (χ2v) is 8.07. The number of benzene rings is 1. The van der Waals surface area contributed by atoms with E-state index in [9.17, 15) is 27.6 Å². The molecule has 3 amide bonds. The normalized spacial score (nSPS) is 31.5. The Bertz CT molecular complexity index is 919. The van der Waals surface area contributed by atoms with E-state index in [1.54, 1.807) is 0 Å². The fraction of sp³-hybridized carbons (Fsp3) is 0.526. The zero-order valence-corrected chi connectivity index (χ0v) is 14.9. The van der Waals surface area contributed by atoms with Gasteiger partial charge in [0.25, 0.3) is 5.91 Å². The van der Waals surface area contributed by atoms with E-state index in [2.05, 4.69) is 10.6 Å². The maximum atomic E-state index is 14.8. The van der Waals surface area contributed by atoms with Gasteiger partial charge in [-0.15, -0.1) is 0 Å². The van der Waals surface area contributed by atoms with E-state index in [0.717, 1.165) is 11.3 Å². The Morgan fingerprint density at radius 3 is 2.25 bits per heavy atom. The fourth-order valence-electron chi connectivity index (χ4n) is 5.15. The summed E-state index contributed by atoms with van der Waals surface area (Å²) in [5.41, 5.74) is -0.281. The molecule has 4 aliphatic heterocycles. The summed E-state index contributed by atoms with van der Waals surface area (Å²) < 4.78 is 43.6. The molecule has 1 aliphatic carbocycles. The summed E-state index contributed by atoms with van der Waals surface area (Å²) in [5, 5.41) is 5.48. The van der Waals surface area contributed by atoms with Crippen molar-refractivity contribution in [3.63, 3.8) is 0 Å². The zero-order valence-electron chi connectivity index (χ0n) is 14.9. The summed E-state index contributed by atoms with van der Waals surface area (Å²) in [6.45, 7) is -0.164. The first kappa shape index (κ1) is 17.7. The molecule has 1 aromatic carbocycles. The minimum atomic E-state index is -1.64. The molecule has 9 heteroatoms. The summed E-state index contributed by atoms with van der Waals surface area (Å²) in [6, 6.07) is -0.525. The van der Waals surface area contributed by atoms with Crippen molar-refractivity contribution in [3.8, 4) is 0 Å². The molecule has 3 unspecified atom stereocenters. The lowest BCUT2D eigenvalue weighted by molar-refractivity contribution is -0.136. The van der Waals surface area contributed by atoms with Gasteiger partial charge in [0.05, 0.1) is 5.56 Å². The summed E-state index contributed by atoms with van der Waals surface area (Å²) in [6.07, 6.45) is 2.32. The Kier molecular flexibility index (Phi) is 3.81. The Balaban J connectivity index is 1.55. The van der Waals surface area contributed by atoms with Crippen molar-refractivity contribution < 1.29 is 27.6 Å². The molecule has 3 saturated heterocycles. The van der Waals surface area contributed by atoms with Crippen molar-refractivity contribution in [1.82, 2.24) is 15.5 Å². The van der Waals surface area contributed by atoms with Gasteiger partial charge in [-0.25, -0.2) is 13.2 Å². The van der Waals surface area contributed by atoms with Crippen LogP contribution in [0.1, 0.15) is 59.5 Å². The lowest BCUT2D eigenvalue weighted by atomic mass is 9.72. The maximum absolute atomic E-state index is 14.8. The van der Waals surface area contributed by atoms with Crippen LogP contribution in [0.2, 0.25) is 0 Å². The minimum absolute atomic E-state index is 0.0479. The highest BCUT2D eigenvalue weighted by Crippen LogP contribution is 2.45. The smallest absolute Gasteiger partial charge is 0.258 e. The van der Waals surface area contributed by atoms with Crippen LogP contribution < -0.4 is 10.6 Å². The standard InChI is InChI=1S/C19H18F3N3O3/c20-15-13(7-3-8-5-9(4-7)23-8)10-6-25(11-1-2-12(26)24-18(11)27)19(28)14(10)16(21)17(15)22/h7-9,11,23H,1-6H2,(H,24,26,27). The summed E-state index contributed by atoms with van der Waals surface area (Å²) in [4.78, 5) is 37.5. The first-order chi connectivity index (χ1) is 13.3. The van der Waals surface area contributed by atoms with Crippen LogP contribution in [0.4, 0.5) is 13.2 Å². The van der Waals surface area contributed by atoms with Gasteiger partial charge in [0, 0.05) is 30.6 Å². The quantitative estimate of drug-likeness (QED) is 0.589. The average Bonchev–Trinajstić information content (AvgIpc) is 2.96. The molecule has 0 spiro atoms.